The Hall–Kier alpha value is -0.900. The Morgan fingerprint density at radius 1 is 1.06 bits per heavy atom. The molecule has 2 N–H and O–H groups in total. The van der Waals surface area contributed by atoms with Gasteiger partial charge in [-0.25, -0.2) is 0 Å². The van der Waals surface area contributed by atoms with Gasteiger partial charge in [-0.15, -0.1) is 10.2 Å². The summed E-state index contributed by atoms with van der Waals surface area (Å²) < 4.78 is 2.43. The normalized spacial score (nSPS) is 29.9. The van der Waals surface area contributed by atoms with Crippen molar-refractivity contribution >= 4 is 0 Å². The van der Waals surface area contributed by atoms with Gasteiger partial charge in [-0.1, -0.05) is 19.3 Å². The van der Waals surface area contributed by atoms with Crippen molar-refractivity contribution in [2.75, 3.05) is 0 Å². The monoisotopic (exact) mass is 248 g/mol. The molecule has 0 bridgehead atoms. The highest BCUT2D eigenvalue weighted by atomic mass is 15.3. The first-order valence-corrected chi connectivity index (χ1v) is 7.42. The molecule has 2 fully saturated rings. The van der Waals surface area contributed by atoms with Gasteiger partial charge < -0.3 is 10.3 Å². The second kappa shape index (κ2) is 5.00. The zero-order valence-corrected chi connectivity index (χ0v) is 11.3. The molecule has 4 heteroatoms. The fourth-order valence-corrected chi connectivity index (χ4v) is 3.74. The van der Waals surface area contributed by atoms with E-state index >= 15 is 0 Å². The molecule has 18 heavy (non-hydrogen) atoms. The molecule has 1 aromatic heterocycles. The van der Waals surface area contributed by atoms with E-state index in [4.69, 9.17) is 5.73 Å². The van der Waals surface area contributed by atoms with Crippen LogP contribution in [-0.4, -0.2) is 20.8 Å². The van der Waals surface area contributed by atoms with E-state index in [9.17, 15) is 0 Å². The lowest BCUT2D eigenvalue weighted by Crippen LogP contribution is -2.28. The van der Waals surface area contributed by atoms with Gasteiger partial charge in [0.05, 0.1) is 0 Å². The molecular weight excluding hydrogens is 224 g/mol. The number of nitrogens with zero attached hydrogens (tertiary/aromatic N) is 3. The van der Waals surface area contributed by atoms with Gasteiger partial charge >= 0.3 is 0 Å². The third-order valence-corrected chi connectivity index (χ3v) is 4.66. The molecule has 2 aliphatic carbocycles. The molecule has 0 radical (unpaired) electrons. The van der Waals surface area contributed by atoms with Crippen molar-refractivity contribution in [3.05, 3.63) is 11.6 Å². The fraction of sp³-hybridized carbons (Fsp3) is 0.857. The van der Waals surface area contributed by atoms with E-state index in [1.807, 2.05) is 0 Å². The Kier molecular flexibility index (Phi) is 3.37. The standard InChI is InChI=1S/C14H24N4/c1-10-16-17-14(11-5-4-6-12(15)9-11)18(10)13-7-2-3-8-13/h11-13H,2-9,15H2,1H3. The van der Waals surface area contributed by atoms with Gasteiger partial charge in [-0.2, -0.15) is 0 Å². The summed E-state index contributed by atoms with van der Waals surface area (Å²) in [6.45, 7) is 2.09. The quantitative estimate of drug-likeness (QED) is 0.875. The first kappa shape index (κ1) is 12.2. The van der Waals surface area contributed by atoms with Crippen LogP contribution in [0.2, 0.25) is 0 Å². The summed E-state index contributed by atoms with van der Waals surface area (Å²) in [4.78, 5) is 0. The van der Waals surface area contributed by atoms with Crippen molar-refractivity contribution in [2.45, 2.75) is 76.3 Å². The SMILES string of the molecule is Cc1nnc(C2CCCC(N)C2)n1C1CCCC1. The zero-order valence-electron chi connectivity index (χ0n) is 11.3. The molecule has 0 spiro atoms. The molecule has 100 valence electrons. The summed E-state index contributed by atoms with van der Waals surface area (Å²) >= 11 is 0. The van der Waals surface area contributed by atoms with Gasteiger partial charge in [-0.05, 0) is 39.0 Å². The van der Waals surface area contributed by atoms with Crippen molar-refractivity contribution in [1.29, 1.82) is 0 Å². The van der Waals surface area contributed by atoms with Crippen LogP contribution < -0.4 is 5.73 Å². The number of aryl methyl sites for hydroxylation is 1. The van der Waals surface area contributed by atoms with Gasteiger partial charge in [0.1, 0.15) is 11.6 Å². The topological polar surface area (TPSA) is 56.7 Å². The fourth-order valence-electron chi connectivity index (χ4n) is 3.74. The summed E-state index contributed by atoms with van der Waals surface area (Å²) in [5.41, 5.74) is 6.12. The van der Waals surface area contributed by atoms with Crippen LogP contribution in [0.1, 0.15) is 75.0 Å². The molecular formula is C14H24N4. The van der Waals surface area contributed by atoms with E-state index in [-0.39, 0.29) is 0 Å². The van der Waals surface area contributed by atoms with Gasteiger partial charge in [0.2, 0.25) is 0 Å². The second-order valence-corrected chi connectivity index (χ2v) is 6.04. The lowest BCUT2D eigenvalue weighted by molar-refractivity contribution is 0.360. The van der Waals surface area contributed by atoms with Gasteiger partial charge in [-0.3, -0.25) is 0 Å². The zero-order chi connectivity index (χ0) is 12.5. The highest BCUT2D eigenvalue weighted by Gasteiger charge is 2.29. The molecule has 4 nitrogen and oxygen atoms in total. The highest BCUT2D eigenvalue weighted by molar-refractivity contribution is 5.06. The van der Waals surface area contributed by atoms with Crippen molar-refractivity contribution in [3.8, 4) is 0 Å². The maximum absolute atomic E-state index is 6.12. The van der Waals surface area contributed by atoms with E-state index in [1.54, 1.807) is 0 Å². The highest BCUT2D eigenvalue weighted by Crippen LogP contribution is 2.36. The first-order chi connectivity index (χ1) is 8.75. The molecule has 2 saturated carbocycles. The van der Waals surface area contributed by atoms with E-state index in [2.05, 4.69) is 21.7 Å². The number of hydrogen-bond acceptors (Lipinski definition) is 3. The summed E-state index contributed by atoms with van der Waals surface area (Å²) in [5.74, 6) is 2.85. The van der Waals surface area contributed by atoms with E-state index in [0.29, 0.717) is 18.0 Å². The average molecular weight is 248 g/mol. The Balaban J connectivity index is 1.86. The number of aromatic nitrogens is 3. The molecule has 2 atom stereocenters. The third-order valence-electron chi connectivity index (χ3n) is 4.66. The number of nitrogens with two attached hydrogens (primary N) is 1. The minimum atomic E-state index is 0.359. The molecule has 2 unspecified atom stereocenters. The van der Waals surface area contributed by atoms with Crippen LogP contribution in [-0.2, 0) is 0 Å². The van der Waals surface area contributed by atoms with Crippen LogP contribution in [0, 0.1) is 6.92 Å². The van der Waals surface area contributed by atoms with Crippen molar-refractivity contribution in [1.82, 2.24) is 14.8 Å². The predicted molar refractivity (Wildman–Crippen MR) is 71.4 cm³/mol. The predicted octanol–water partition coefficient (Wildman–Crippen LogP) is 2.69. The smallest absolute Gasteiger partial charge is 0.136 e. The summed E-state index contributed by atoms with van der Waals surface area (Å²) in [6, 6.07) is 1.01. The molecule has 0 saturated heterocycles. The number of hydrogen-bond donors (Lipinski definition) is 1. The molecule has 1 heterocycles. The van der Waals surface area contributed by atoms with Crippen LogP contribution in [0.3, 0.4) is 0 Å². The van der Waals surface area contributed by atoms with Crippen LogP contribution in [0.4, 0.5) is 0 Å². The van der Waals surface area contributed by atoms with Gasteiger partial charge in [0.15, 0.2) is 0 Å². The molecule has 0 aromatic carbocycles. The lowest BCUT2D eigenvalue weighted by atomic mass is 9.85. The molecule has 0 amide bonds. The average Bonchev–Trinajstić information content (AvgIpc) is 2.97. The Morgan fingerprint density at radius 3 is 2.56 bits per heavy atom. The van der Waals surface area contributed by atoms with Crippen molar-refractivity contribution in [2.24, 2.45) is 5.73 Å². The second-order valence-electron chi connectivity index (χ2n) is 6.04. The molecule has 2 aliphatic rings. The maximum Gasteiger partial charge on any atom is 0.136 e. The number of rotatable bonds is 2. The van der Waals surface area contributed by atoms with Gasteiger partial charge in [0.25, 0.3) is 0 Å². The summed E-state index contributed by atoms with van der Waals surface area (Å²) in [6.07, 6.45) is 10.0. The lowest BCUT2D eigenvalue weighted by Gasteiger charge is -2.27. The Bertz CT molecular complexity index is 406. The van der Waals surface area contributed by atoms with Crippen LogP contribution in [0.25, 0.3) is 0 Å². The minimum absolute atomic E-state index is 0.359. The van der Waals surface area contributed by atoms with Crippen LogP contribution in [0.5, 0.6) is 0 Å². The van der Waals surface area contributed by atoms with E-state index < -0.39 is 0 Å². The maximum atomic E-state index is 6.12. The third kappa shape index (κ3) is 2.18. The van der Waals surface area contributed by atoms with Gasteiger partial charge in [0, 0.05) is 18.0 Å². The minimum Gasteiger partial charge on any atom is -0.328 e. The van der Waals surface area contributed by atoms with Crippen LogP contribution in [0.15, 0.2) is 0 Å². The molecule has 0 aliphatic heterocycles. The van der Waals surface area contributed by atoms with Crippen LogP contribution >= 0.6 is 0 Å². The van der Waals surface area contributed by atoms with E-state index in [1.165, 1.54) is 50.8 Å². The summed E-state index contributed by atoms with van der Waals surface area (Å²) in [5, 5.41) is 8.81. The Morgan fingerprint density at radius 2 is 1.83 bits per heavy atom. The van der Waals surface area contributed by atoms with Crippen molar-refractivity contribution < 1.29 is 0 Å². The molecule has 1 aromatic rings. The largest absolute Gasteiger partial charge is 0.328 e. The summed E-state index contributed by atoms with van der Waals surface area (Å²) in [7, 11) is 0. The first-order valence-electron chi connectivity index (χ1n) is 7.42. The molecule has 3 rings (SSSR count). The van der Waals surface area contributed by atoms with E-state index in [0.717, 1.165) is 12.2 Å². The Labute approximate surface area is 109 Å². The van der Waals surface area contributed by atoms with Crippen molar-refractivity contribution in [3.63, 3.8) is 0 Å².